The lowest BCUT2D eigenvalue weighted by Gasteiger charge is -2.41. The molecule has 1 aromatic carbocycles. The molecule has 1 unspecified atom stereocenters. The summed E-state index contributed by atoms with van der Waals surface area (Å²) < 4.78 is 0. The summed E-state index contributed by atoms with van der Waals surface area (Å²) in [6.07, 6.45) is 0.507. The normalized spacial score (nSPS) is 16.6. The molecule has 0 bridgehead atoms. The van der Waals surface area contributed by atoms with Crippen molar-refractivity contribution in [2.75, 3.05) is 0 Å². The molecule has 2 heteroatoms. The molecule has 96 valence electrons. The van der Waals surface area contributed by atoms with Gasteiger partial charge in [0.15, 0.2) is 0 Å². The van der Waals surface area contributed by atoms with Gasteiger partial charge in [-0.3, -0.25) is 0 Å². The van der Waals surface area contributed by atoms with Crippen molar-refractivity contribution in [3.8, 4) is 0 Å². The quantitative estimate of drug-likeness (QED) is 0.844. The van der Waals surface area contributed by atoms with Crippen molar-refractivity contribution in [3.05, 3.63) is 35.9 Å². The van der Waals surface area contributed by atoms with Gasteiger partial charge in [0.25, 0.3) is 0 Å². The van der Waals surface area contributed by atoms with Crippen LogP contribution in [0.4, 0.5) is 0 Å². The van der Waals surface area contributed by atoms with E-state index in [1.54, 1.807) is 20.8 Å². The fourth-order valence-electron chi connectivity index (χ4n) is 2.07. The Morgan fingerprint density at radius 2 is 1.35 bits per heavy atom. The average molecular weight is 236 g/mol. The predicted octanol–water partition coefficient (Wildman–Crippen LogP) is 2.88. The first-order valence-electron chi connectivity index (χ1n) is 6.07. The van der Waals surface area contributed by atoms with E-state index < -0.39 is 11.2 Å². The summed E-state index contributed by atoms with van der Waals surface area (Å²) >= 11 is 0. The summed E-state index contributed by atoms with van der Waals surface area (Å²) in [7, 11) is 0. The van der Waals surface area contributed by atoms with Crippen molar-refractivity contribution in [1.82, 2.24) is 0 Å². The summed E-state index contributed by atoms with van der Waals surface area (Å²) in [6, 6.07) is 10.1. The maximum absolute atomic E-state index is 10.4. The summed E-state index contributed by atoms with van der Waals surface area (Å²) in [5.74, 6) is 0. The molecule has 0 fully saturated rings. The second kappa shape index (κ2) is 4.43. The second-order valence-electron chi connectivity index (χ2n) is 6.26. The van der Waals surface area contributed by atoms with Crippen LogP contribution in [-0.4, -0.2) is 21.4 Å². The molecule has 0 aliphatic heterocycles. The van der Waals surface area contributed by atoms with Crippen molar-refractivity contribution >= 4 is 0 Å². The second-order valence-corrected chi connectivity index (χ2v) is 6.26. The molecular formula is C15H24O2. The van der Waals surface area contributed by atoms with Gasteiger partial charge in [-0.05, 0) is 38.2 Å². The van der Waals surface area contributed by atoms with Crippen LogP contribution in [0.1, 0.15) is 46.6 Å². The summed E-state index contributed by atoms with van der Waals surface area (Å²) in [5.41, 5.74) is -1.24. The molecule has 0 amide bonds. The van der Waals surface area contributed by atoms with Crippen LogP contribution in [0.3, 0.4) is 0 Å². The largest absolute Gasteiger partial charge is 0.387 e. The van der Waals surface area contributed by atoms with E-state index in [-0.39, 0.29) is 5.41 Å². The Balaban J connectivity index is 2.95. The molecule has 0 aliphatic carbocycles. The summed E-state index contributed by atoms with van der Waals surface area (Å²) in [4.78, 5) is 0. The minimum absolute atomic E-state index is 0.176. The summed E-state index contributed by atoms with van der Waals surface area (Å²) in [6.45, 7) is 9.16. The van der Waals surface area contributed by atoms with Gasteiger partial charge in [-0.15, -0.1) is 0 Å². The van der Waals surface area contributed by atoms with Gasteiger partial charge in [-0.2, -0.15) is 0 Å². The van der Waals surface area contributed by atoms with Crippen LogP contribution >= 0.6 is 0 Å². The van der Waals surface area contributed by atoms with E-state index >= 15 is 0 Å². The Hall–Kier alpha value is -0.860. The molecule has 0 spiro atoms. The van der Waals surface area contributed by atoms with Crippen molar-refractivity contribution < 1.29 is 10.2 Å². The van der Waals surface area contributed by atoms with Gasteiger partial charge in [0.05, 0.1) is 11.2 Å². The highest BCUT2D eigenvalue weighted by molar-refractivity contribution is 5.24. The maximum atomic E-state index is 10.4. The molecule has 0 saturated heterocycles. The Labute approximate surface area is 104 Å². The maximum Gasteiger partial charge on any atom is 0.0908 e. The van der Waals surface area contributed by atoms with Crippen LogP contribution in [0.2, 0.25) is 0 Å². The fraction of sp³-hybridized carbons (Fsp3) is 0.600. The highest BCUT2D eigenvalue weighted by Crippen LogP contribution is 2.36. The Bertz CT molecular complexity index is 358. The lowest BCUT2D eigenvalue weighted by Crippen LogP contribution is -2.50. The van der Waals surface area contributed by atoms with Gasteiger partial charge in [0.1, 0.15) is 0 Å². The third kappa shape index (κ3) is 3.30. The third-order valence-corrected chi connectivity index (χ3v) is 3.66. The van der Waals surface area contributed by atoms with Crippen LogP contribution in [0.15, 0.2) is 30.3 Å². The molecular weight excluding hydrogens is 212 g/mol. The molecule has 0 heterocycles. The molecule has 2 nitrogen and oxygen atoms in total. The minimum atomic E-state index is -1.12. The topological polar surface area (TPSA) is 40.5 Å². The minimum Gasteiger partial charge on any atom is -0.387 e. The number of hydrogen-bond donors (Lipinski definition) is 2. The van der Waals surface area contributed by atoms with Crippen LogP contribution in [-0.2, 0) is 5.41 Å². The average Bonchev–Trinajstić information content (AvgIpc) is 2.15. The first-order valence-corrected chi connectivity index (χ1v) is 6.07. The lowest BCUT2D eigenvalue weighted by molar-refractivity contribution is -0.131. The lowest BCUT2D eigenvalue weighted by atomic mass is 9.71. The summed E-state index contributed by atoms with van der Waals surface area (Å²) in [5, 5.41) is 20.4. The molecule has 2 N–H and O–H groups in total. The molecule has 0 radical (unpaired) electrons. The van der Waals surface area contributed by atoms with Gasteiger partial charge in [0.2, 0.25) is 0 Å². The SMILES string of the molecule is CC(C)(CC(C)(O)C(C)(C)O)c1ccccc1. The van der Waals surface area contributed by atoms with E-state index in [1.807, 2.05) is 18.2 Å². The van der Waals surface area contributed by atoms with E-state index in [0.717, 1.165) is 0 Å². The predicted molar refractivity (Wildman–Crippen MR) is 71.0 cm³/mol. The van der Waals surface area contributed by atoms with Crippen molar-refractivity contribution in [2.24, 2.45) is 0 Å². The zero-order chi connectivity index (χ0) is 13.3. The number of rotatable bonds is 4. The number of aliphatic hydroxyl groups is 2. The Kier molecular flexibility index (Phi) is 3.70. The third-order valence-electron chi connectivity index (χ3n) is 3.66. The van der Waals surface area contributed by atoms with Crippen LogP contribution in [0.25, 0.3) is 0 Å². The van der Waals surface area contributed by atoms with Gasteiger partial charge < -0.3 is 10.2 Å². The van der Waals surface area contributed by atoms with Gasteiger partial charge >= 0.3 is 0 Å². The molecule has 1 atom stereocenters. The zero-order valence-electron chi connectivity index (χ0n) is 11.5. The molecule has 17 heavy (non-hydrogen) atoms. The molecule has 1 rings (SSSR count). The van der Waals surface area contributed by atoms with Crippen molar-refractivity contribution in [3.63, 3.8) is 0 Å². The molecule has 0 aromatic heterocycles. The Morgan fingerprint density at radius 1 is 0.882 bits per heavy atom. The van der Waals surface area contributed by atoms with E-state index in [2.05, 4.69) is 26.0 Å². The molecule has 1 aromatic rings. The highest BCUT2D eigenvalue weighted by Gasteiger charge is 2.42. The smallest absolute Gasteiger partial charge is 0.0908 e. The zero-order valence-corrected chi connectivity index (χ0v) is 11.5. The first kappa shape index (κ1) is 14.2. The van der Waals surface area contributed by atoms with Crippen LogP contribution < -0.4 is 0 Å². The standard InChI is InChI=1S/C15H24O2/c1-13(2,12-9-7-6-8-10-12)11-15(5,17)14(3,4)16/h6-10,16-17H,11H2,1-5H3. The number of benzene rings is 1. The van der Waals surface area contributed by atoms with E-state index in [1.165, 1.54) is 5.56 Å². The first-order chi connectivity index (χ1) is 7.56. The molecule has 0 aliphatic rings. The van der Waals surface area contributed by atoms with E-state index in [0.29, 0.717) is 6.42 Å². The van der Waals surface area contributed by atoms with Crippen LogP contribution in [0, 0.1) is 0 Å². The van der Waals surface area contributed by atoms with Crippen molar-refractivity contribution in [1.29, 1.82) is 0 Å². The van der Waals surface area contributed by atoms with E-state index in [9.17, 15) is 10.2 Å². The Morgan fingerprint density at radius 3 is 1.76 bits per heavy atom. The van der Waals surface area contributed by atoms with Crippen molar-refractivity contribution in [2.45, 2.75) is 57.7 Å². The van der Waals surface area contributed by atoms with Gasteiger partial charge in [-0.25, -0.2) is 0 Å². The molecule has 0 saturated carbocycles. The van der Waals surface area contributed by atoms with Gasteiger partial charge in [0, 0.05) is 0 Å². The van der Waals surface area contributed by atoms with Gasteiger partial charge in [-0.1, -0.05) is 44.2 Å². The number of hydrogen-bond acceptors (Lipinski definition) is 2. The fourth-order valence-corrected chi connectivity index (χ4v) is 2.07. The van der Waals surface area contributed by atoms with Crippen LogP contribution in [0.5, 0.6) is 0 Å². The monoisotopic (exact) mass is 236 g/mol. The van der Waals surface area contributed by atoms with E-state index in [4.69, 9.17) is 0 Å². The highest BCUT2D eigenvalue weighted by atomic mass is 16.4.